The Morgan fingerprint density at radius 1 is 1.10 bits per heavy atom. The van der Waals surface area contributed by atoms with Crippen LogP contribution in [0.1, 0.15) is 21.7 Å². The highest BCUT2D eigenvalue weighted by Gasteiger charge is 2.18. The van der Waals surface area contributed by atoms with Crippen molar-refractivity contribution in [2.24, 2.45) is 0 Å². The number of furan rings is 1. The number of hydrogen-bond donors (Lipinski definition) is 1. The first-order valence-corrected chi connectivity index (χ1v) is 9.69. The van der Waals surface area contributed by atoms with Crippen LogP contribution in [0.4, 0.5) is 11.4 Å². The van der Waals surface area contributed by atoms with Crippen LogP contribution in [0.25, 0.3) is 0 Å². The zero-order chi connectivity index (χ0) is 20.1. The second-order valence-corrected chi connectivity index (χ2v) is 6.93. The van der Waals surface area contributed by atoms with Gasteiger partial charge >= 0.3 is 0 Å². The van der Waals surface area contributed by atoms with Gasteiger partial charge in [-0.05, 0) is 48.9 Å². The number of ether oxygens (including phenoxy) is 2. The lowest BCUT2D eigenvalue weighted by Gasteiger charge is -2.29. The molecule has 3 aromatic rings. The van der Waals surface area contributed by atoms with E-state index in [0.717, 1.165) is 49.0 Å². The van der Waals surface area contributed by atoms with Gasteiger partial charge in [0, 0.05) is 30.0 Å². The Labute approximate surface area is 170 Å². The maximum atomic E-state index is 12.8. The normalized spacial score (nSPS) is 13.9. The zero-order valence-corrected chi connectivity index (χ0v) is 16.4. The molecule has 2 heterocycles. The summed E-state index contributed by atoms with van der Waals surface area (Å²) < 4.78 is 16.6. The van der Waals surface area contributed by atoms with Crippen molar-refractivity contribution in [1.82, 2.24) is 0 Å². The highest BCUT2D eigenvalue weighted by atomic mass is 16.5. The van der Waals surface area contributed by atoms with Gasteiger partial charge in [-0.3, -0.25) is 4.79 Å². The third-order valence-electron chi connectivity index (χ3n) is 4.92. The molecule has 29 heavy (non-hydrogen) atoms. The molecule has 1 aliphatic heterocycles. The number of carbonyl (C=O) groups excluding carboxylic acids is 1. The summed E-state index contributed by atoms with van der Waals surface area (Å²) >= 11 is 0. The topological polar surface area (TPSA) is 63.9 Å². The standard InChI is InChI=1S/C23H24N2O4/c1-17-15-19(25-10-13-27-14-11-25)7-8-21(17)24-23(26)22-18(9-12-28-22)16-29-20-5-3-2-4-6-20/h2-9,12,15H,10-11,13-14,16H2,1H3,(H,24,26). The fourth-order valence-corrected chi connectivity index (χ4v) is 3.31. The Morgan fingerprint density at radius 2 is 1.90 bits per heavy atom. The molecule has 6 heteroatoms. The Bertz CT molecular complexity index is 962. The second-order valence-electron chi connectivity index (χ2n) is 6.93. The number of nitrogens with zero attached hydrogens (tertiary/aromatic N) is 1. The number of carbonyl (C=O) groups is 1. The average Bonchev–Trinajstić information content (AvgIpc) is 3.24. The number of benzene rings is 2. The van der Waals surface area contributed by atoms with Crippen molar-refractivity contribution < 1.29 is 18.7 Å². The third kappa shape index (κ3) is 4.60. The van der Waals surface area contributed by atoms with Gasteiger partial charge in [-0.2, -0.15) is 0 Å². The van der Waals surface area contributed by atoms with Gasteiger partial charge in [0.15, 0.2) is 5.76 Å². The molecule has 0 atom stereocenters. The number of aryl methyl sites for hydroxylation is 1. The Kier molecular flexibility index (Phi) is 5.81. The van der Waals surface area contributed by atoms with Crippen LogP contribution >= 0.6 is 0 Å². The predicted molar refractivity (Wildman–Crippen MR) is 112 cm³/mol. The highest BCUT2D eigenvalue weighted by molar-refractivity contribution is 6.03. The van der Waals surface area contributed by atoms with Crippen molar-refractivity contribution in [2.75, 3.05) is 36.5 Å². The molecule has 0 radical (unpaired) electrons. The molecule has 1 aromatic heterocycles. The molecule has 0 spiro atoms. The first kappa shape index (κ1) is 19.1. The van der Waals surface area contributed by atoms with Crippen LogP contribution in [-0.2, 0) is 11.3 Å². The Hall–Kier alpha value is -3.25. The third-order valence-corrected chi connectivity index (χ3v) is 4.92. The van der Waals surface area contributed by atoms with E-state index in [4.69, 9.17) is 13.9 Å². The van der Waals surface area contributed by atoms with Gasteiger partial charge in [0.2, 0.25) is 0 Å². The molecule has 1 N–H and O–H groups in total. The quantitative estimate of drug-likeness (QED) is 0.679. The Balaban J connectivity index is 1.42. The van der Waals surface area contributed by atoms with Crippen LogP contribution in [0.3, 0.4) is 0 Å². The lowest BCUT2D eigenvalue weighted by atomic mass is 10.1. The molecular formula is C23H24N2O4. The molecular weight excluding hydrogens is 368 g/mol. The molecule has 0 aliphatic carbocycles. The fraction of sp³-hybridized carbons (Fsp3) is 0.261. The van der Waals surface area contributed by atoms with Crippen LogP contribution < -0.4 is 15.0 Å². The summed E-state index contributed by atoms with van der Waals surface area (Å²) in [4.78, 5) is 15.0. The first-order chi connectivity index (χ1) is 14.2. The highest BCUT2D eigenvalue weighted by Crippen LogP contribution is 2.25. The van der Waals surface area contributed by atoms with E-state index in [1.165, 1.54) is 6.26 Å². The van der Waals surface area contributed by atoms with E-state index in [-0.39, 0.29) is 18.3 Å². The van der Waals surface area contributed by atoms with Crippen molar-refractivity contribution in [3.8, 4) is 5.75 Å². The lowest BCUT2D eigenvalue weighted by Crippen LogP contribution is -2.36. The maximum Gasteiger partial charge on any atom is 0.291 e. The van der Waals surface area contributed by atoms with E-state index >= 15 is 0 Å². The molecule has 0 bridgehead atoms. The van der Waals surface area contributed by atoms with Crippen molar-refractivity contribution >= 4 is 17.3 Å². The van der Waals surface area contributed by atoms with Crippen LogP contribution in [-0.4, -0.2) is 32.2 Å². The molecule has 4 rings (SSSR count). The zero-order valence-electron chi connectivity index (χ0n) is 16.4. The molecule has 1 saturated heterocycles. The fourth-order valence-electron chi connectivity index (χ4n) is 3.31. The molecule has 150 valence electrons. The summed E-state index contributed by atoms with van der Waals surface area (Å²) in [7, 11) is 0. The van der Waals surface area contributed by atoms with Gasteiger partial charge in [0.1, 0.15) is 12.4 Å². The van der Waals surface area contributed by atoms with Crippen molar-refractivity contribution in [3.05, 3.63) is 77.7 Å². The number of para-hydroxylation sites is 1. The van der Waals surface area contributed by atoms with Gasteiger partial charge in [-0.1, -0.05) is 18.2 Å². The number of rotatable bonds is 6. The molecule has 2 aromatic carbocycles. The van der Waals surface area contributed by atoms with Gasteiger partial charge in [0.25, 0.3) is 5.91 Å². The van der Waals surface area contributed by atoms with Crippen LogP contribution in [0.5, 0.6) is 5.75 Å². The summed E-state index contributed by atoms with van der Waals surface area (Å²) in [6, 6.07) is 17.3. The molecule has 1 amide bonds. The van der Waals surface area contributed by atoms with E-state index in [9.17, 15) is 4.79 Å². The summed E-state index contributed by atoms with van der Waals surface area (Å²) in [5.74, 6) is 0.719. The molecule has 0 saturated carbocycles. The van der Waals surface area contributed by atoms with E-state index in [2.05, 4.69) is 16.3 Å². The summed E-state index contributed by atoms with van der Waals surface area (Å²) in [6.45, 7) is 5.48. The van der Waals surface area contributed by atoms with Crippen LogP contribution in [0.15, 0.2) is 65.3 Å². The Morgan fingerprint density at radius 3 is 2.66 bits per heavy atom. The van der Waals surface area contributed by atoms with Gasteiger partial charge < -0.3 is 24.1 Å². The van der Waals surface area contributed by atoms with Crippen LogP contribution in [0.2, 0.25) is 0 Å². The van der Waals surface area contributed by atoms with Gasteiger partial charge in [0.05, 0.1) is 19.5 Å². The summed E-state index contributed by atoms with van der Waals surface area (Å²) in [5, 5.41) is 2.95. The van der Waals surface area contributed by atoms with Crippen molar-refractivity contribution in [3.63, 3.8) is 0 Å². The number of anilines is 2. The summed E-state index contributed by atoms with van der Waals surface area (Å²) in [5.41, 5.74) is 3.60. The van der Waals surface area contributed by atoms with E-state index < -0.39 is 0 Å². The smallest absolute Gasteiger partial charge is 0.291 e. The maximum absolute atomic E-state index is 12.8. The van der Waals surface area contributed by atoms with Crippen molar-refractivity contribution in [1.29, 1.82) is 0 Å². The van der Waals surface area contributed by atoms with E-state index in [1.807, 2.05) is 49.4 Å². The molecule has 0 unspecified atom stereocenters. The number of morpholine rings is 1. The summed E-state index contributed by atoms with van der Waals surface area (Å²) in [6.07, 6.45) is 1.51. The molecule has 6 nitrogen and oxygen atoms in total. The SMILES string of the molecule is Cc1cc(N2CCOCC2)ccc1NC(=O)c1occc1COc1ccccc1. The van der Waals surface area contributed by atoms with E-state index in [1.54, 1.807) is 6.07 Å². The molecule has 1 fully saturated rings. The minimum atomic E-state index is -0.288. The predicted octanol–water partition coefficient (Wildman–Crippen LogP) is 4.26. The largest absolute Gasteiger partial charge is 0.489 e. The average molecular weight is 392 g/mol. The number of nitrogens with one attached hydrogen (secondary N) is 1. The minimum absolute atomic E-state index is 0.262. The number of hydrogen-bond acceptors (Lipinski definition) is 5. The van der Waals surface area contributed by atoms with Gasteiger partial charge in [-0.15, -0.1) is 0 Å². The molecule has 1 aliphatic rings. The van der Waals surface area contributed by atoms with Crippen LogP contribution in [0, 0.1) is 6.92 Å². The van der Waals surface area contributed by atoms with Crippen molar-refractivity contribution in [2.45, 2.75) is 13.5 Å². The number of amides is 1. The van der Waals surface area contributed by atoms with Gasteiger partial charge in [-0.25, -0.2) is 0 Å². The minimum Gasteiger partial charge on any atom is -0.489 e. The monoisotopic (exact) mass is 392 g/mol. The second kappa shape index (κ2) is 8.84. The lowest BCUT2D eigenvalue weighted by molar-refractivity contribution is 0.0993. The first-order valence-electron chi connectivity index (χ1n) is 9.69. The van der Waals surface area contributed by atoms with E-state index in [0.29, 0.717) is 5.56 Å².